The maximum atomic E-state index is 2.34. The minimum absolute atomic E-state index is 1.11. The van der Waals surface area contributed by atoms with E-state index in [4.69, 9.17) is 0 Å². The van der Waals surface area contributed by atoms with Crippen LogP contribution in [-0.2, 0) is 6.54 Å². The third kappa shape index (κ3) is 3.51. The van der Waals surface area contributed by atoms with Crippen molar-refractivity contribution in [3.05, 3.63) is 35.9 Å². The smallest absolute Gasteiger partial charge is 0.125 e. The third-order valence-corrected chi connectivity index (χ3v) is 1.88. The van der Waals surface area contributed by atoms with E-state index < -0.39 is 0 Å². The molecule has 0 aliphatic rings. The summed E-state index contributed by atoms with van der Waals surface area (Å²) in [5.41, 5.74) is 1.41. The van der Waals surface area contributed by atoms with Gasteiger partial charge in [0.1, 0.15) is 19.6 Å². The van der Waals surface area contributed by atoms with Gasteiger partial charge in [-0.2, -0.15) is 0 Å². The minimum atomic E-state index is 1.11. The van der Waals surface area contributed by atoms with Gasteiger partial charge in [-0.25, -0.2) is 0 Å². The molecular formula is C10H18N2+2. The van der Waals surface area contributed by atoms with Crippen molar-refractivity contribution in [2.75, 3.05) is 20.1 Å². The molecule has 1 rings (SSSR count). The van der Waals surface area contributed by atoms with Crippen molar-refractivity contribution in [2.45, 2.75) is 6.54 Å². The Balaban J connectivity index is 2.16. The largest absolute Gasteiger partial charge is 0.344 e. The van der Waals surface area contributed by atoms with Crippen LogP contribution in [-0.4, -0.2) is 20.1 Å². The molecule has 0 aromatic heterocycles. The normalized spacial score (nSPS) is 10.1. The van der Waals surface area contributed by atoms with Crippen LogP contribution in [0, 0.1) is 0 Å². The third-order valence-electron chi connectivity index (χ3n) is 1.88. The molecule has 0 saturated heterocycles. The first kappa shape index (κ1) is 9.23. The molecule has 12 heavy (non-hydrogen) atoms. The van der Waals surface area contributed by atoms with Crippen molar-refractivity contribution in [3.63, 3.8) is 0 Å². The predicted molar refractivity (Wildman–Crippen MR) is 49.7 cm³/mol. The Hall–Kier alpha value is -0.860. The van der Waals surface area contributed by atoms with Crippen LogP contribution < -0.4 is 10.6 Å². The van der Waals surface area contributed by atoms with Gasteiger partial charge in [-0.05, 0) is 0 Å². The molecule has 0 amide bonds. The highest BCUT2D eigenvalue weighted by atomic mass is 14.9. The lowest BCUT2D eigenvalue weighted by atomic mass is 10.2. The highest BCUT2D eigenvalue weighted by molar-refractivity contribution is 5.12. The molecule has 2 nitrogen and oxygen atoms in total. The summed E-state index contributed by atoms with van der Waals surface area (Å²) < 4.78 is 0. The average molecular weight is 166 g/mol. The van der Waals surface area contributed by atoms with Crippen molar-refractivity contribution >= 4 is 0 Å². The summed E-state index contributed by atoms with van der Waals surface area (Å²) in [4.78, 5) is 0. The monoisotopic (exact) mass is 166 g/mol. The topological polar surface area (TPSA) is 33.2 Å². The Morgan fingerprint density at radius 3 is 2.50 bits per heavy atom. The number of quaternary nitrogens is 2. The Kier molecular flexibility index (Phi) is 4.42. The molecule has 0 unspecified atom stereocenters. The molecule has 0 radical (unpaired) electrons. The van der Waals surface area contributed by atoms with E-state index in [9.17, 15) is 0 Å². The van der Waals surface area contributed by atoms with Crippen LogP contribution >= 0.6 is 0 Å². The van der Waals surface area contributed by atoms with E-state index in [1.54, 1.807) is 0 Å². The first-order chi connectivity index (χ1) is 5.93. The van der Waals surface area contributed by atoms with Gasteiger partial charge in [-0.15, -0.1) is 0 Å². The van der Waals surface area contributed by atoms with Gasteiger partial charge >= 0.3 is 0 Å². The molecule has 0 bridgehead atoms. The van der Waals surface area contributed by atoms with Gasteiger partial charge in [0.05, 0.1) is 7.05 Å². The van der Waals surface area contributed by atoms with Crippen molar-refractivity contribution in [2.24, 2.45) is 0 Å². The van der Waals surface area contributed by atoms with Crippen LogP contribution in [0.1, 0.15) is 5.56 Å². The summed E-state index contributed by atoms with van der Waals surface area (Å²) in [5.74, 6) is 0. The van der Waals surface area contributed by atoms with E-state index in [1.807, 2.05) is 0 Å². The number of hydrogen-bond donors (Lipinski definition) is 2. The summed E-state index contributed by atoms with van der Waals surface area (Å²) in [6.07, 6.45) is 0. The minimum Gasteiger partial charge on any atom is -0.344 e. The van der Waals surface area contributed by atoms with E-state index >= 15 is 0 Å². The summed E-state index contributed by atoms with van der Waals surface area (Å²) in [7, 11) is 2.11. The molecule has 0 aliphatic carbocycles. The SMILES string of the molecule is C[NH2+]CC[NH2+]Cc1ccccc1. The number of hydrogen-bond acceptors (Lipinski definition) is 0. The van der Waals surface area contributed by atoms with Gasteiger partial charge in [0.25, 0.3) is 0 Å². The number of rotatable bonds is 5. The summed E-state index contributed by atoms with van der Waals surface area (Å²) in [6, 6.07) is 10.6. The van der Waals surface area contributed by atoms with Gasteiger partial charge < -0.3 is 10.6 Å². The second-order valence-corrected chi connectivity index (χ2v) is 2.96. The molecule has 0 fully saturated rings. The van der Waals surface area contributed by atoms with Crippen LogP contribution in [0.25, 0.3) is 0 Å². The van der Waals surface area contributed by atoms with Crippen LogP contribution in [0.3, 0.4) is 0 Å². The Bertz CT molecular complexity index is 196. The summed E-state index contributed by atoms with van der Waals surface area (Å²) in [5, 5.41) is 4.55. The van der Waals surface area contributed by atoms with Crippen molar-refractivity contribution in [1.29, 1.82) is 0 Å². The van der Waals surface area contributed by atoms with Crippen molar-refractivity contribution < 1.29 is 10.6 Å². The standard InChI is InChI=1S/C10H16N2/c1-11-7-8-12-9-10-5-3-2-4-6-10/h2-6,11-12H,7-9H2,1H3/p+2. The highest BCUT2D eigenvalue weighted by Crippen LogP contribution is 1.93. The number of benzene rings is 1. The Morgan fingerprint density at radius 1 is 1.08 bits per heavy atom. The lowest BCUT2D eigenvalue weighted by Crippen LogP contribution is -2.92. The van der Waals surface area contributed by atoms with Gasteiger partial charge in [0, 0.05) is 5.56 Å². The van der Waals surface area contributed by atoms with E-state index in [1.165, 1.54) is 18.7 Å². The maximum Gasteiger partial charge on any atom is 0.125 e. The van der Waals surface area contributed by atoms with E-state index in [0.29, 0.717) is 0 Å². The molecule has 0 heterocycles. The predicted octanol–water partition coefficient (Wildman–Crippen LogP) is -1.06. The second kappa shape index (κ2) is 5.75. The van der Waals surface area contributed by atoms with E-state index in [-0.39, 0.29) is 0 Å². The zero-order chi connectivity index (χ0) is 8.65. The van der Waals surface area contributed by atoms with Crippen LogP contribution in [0.2, 0.25) is 0 Å². The maximum absolute atomic E-state index is 2.34. The molecule has 1 aromatic rings. The molecule has 4 N–H and O–H groups in total. The number of nitrogens with two attached hydrogens (primary N) is 2. The zero-order valence-electron chi connectivity index (χ0n) is 7.66. The lowest BCUT2D eigenvalue weighted by molar-refractivity contribution is -0.721. The van der Waals surface area contributed by atoms with Crippen molar-refractivity contribution in [3.8, 4) is 0 Å². The fraction of sp³-hybridized carbons (Fsp3) is 0.400. The summed E-state index contributed by atoms with van der Waals surface area (Å²) in [6.45, 7) is 3.51. The molecule has 1 aromatic carbocycles. The average Bonchev–Trinajstić information content (AvgIpc) is 2.14. The quantitative estimate of drug-likeness (QED) is 0.523. The number of likely N-dealkylation sites (N-methyl/N-ethyl adjacent to an activating group) is 1. The fourth-order valence-electron chi connectivity index (χ4n) is 1.17. The molecule has 0 spiro atoms. The fourth-order valence-corrected chi connectivity index (χ4v) is 1.17. The van der Waals surface area contributed by atoms with Gasteiger partial charge in [-0.1, -0.05) is 30.3 Å². The molecule has 0 saturated carbocycles. The van der Waals surface area contributed by atoms with E-state index in [0.717, 1.165) is 6.54 Å². The first-order valence-corrected chi connectivity index (χ1v) is 4.57. The molecular weight excluding hydrogens is 148 g/mol. The second-order valence-electron chi connectivity index (χ2n) is 2.96. The lowest BCUT2D eigenvalue weighted by Gasteiger charge is -1.99. The molecule has 66 valence electrons. The van der Waals surface area contributed by atoms with Crippen LogP contribution in [0.4, 0.5) is 0 Å². The molecule has 0 aliphatic heterocycles. The molecule has 2 heteroatoms. The van der Waals surface area contributed by atoms with Gasteiger partial charge in [0.15, 0.2) is 0 Å². The van der Waals surface area contributed by atoms with E-state index in [2.05, 4.69) is 48.0 Å². The Labute approximate surface area is 74.0 Å². The van der Waals surface area contributed by atoms with Crippen molar-refractivity contribution in [1.82, 2.24) is 0 Å². The van der Waals surface area contributed by atoms with Gasteiger partial charge in [0.2, 0.25) is 0 Å². The summed E-state index contributed by atoms with van der Waals surface area (Å²) >= 11 is 0. The Morgan fingerprint density at radius 2 is 1.83 bits per heavy atom. The zero-order valence-corrected chi connectivity index (χ0v) is 7.66. The highest BCUT2D eigenvalue weighted by Gasteiger charge is 1.93. The molecule has 0 atom stereocenters. The first-order valence-electron chi connectivity index (χ1n) is 4.57. The van der Waals surface area contributed by atoms with Crippen LogP contribution in [0.5, 0.6) is 0 Å². The van der Waals surface area contributed by atoms with Crippen LogP contribution in [0.15, 0.2) is 30.3 Å². The van der Waals surface area contributed by atoms with Gasteiger partial charge in [-0.3, -0.25) is 0 Å².